The molecule has 0 saturated carbocycles. The van der Waals surface area contributed by atoms with Gasteiger partial charge in [0.15, 0.2) is 0 Å². The number of nitrogens with one attached hydrogen (secondary N) is 2. The Balaban J connectivity index is 2.22. The van der Waals surface area contributed by atoms with Crippen LogP contribution in [0, 0.1) is 0 Å². The van der Waals surface area contributed by atoms with Crippen LogP contribution in [0.2, 0.25) is 0 Å². The quantitative estimate of drug-likeness (QED) is 0.724. The Kier molecular flexibility index (Phi) is 2.04. The average molecular weight is 180 g/mol. The molecule has 0 unspecified atom stereocenters. The monoisotopic (exact) mass is 180 g/mol. The average Bonchev–Trinajstić information content (AvgIpc) is 2.75. The van der Waals surface area contributed by atoms with E-state index in [1.807, 2.05) is 6.20 Å². The van der Waals surface area contributed by atoms with Crippen LogP contribution in [-0.2, 0) is 6.42 Å². The van der Waals surface area contributed by atoms with Crippen LogP contribution in [0.3, 0.4) is 0 Å². The summed E-state index contributed by atoms with van der Waals surface area (Å²) in [6.07, 6.45) is 3.16. The first-order chi connectivity index (χ1) is 5.90. The topological polar surface area (TPSA) is 24.1 Å². The second-order valence-corrected chi connectivity index (χ2v) is 3.70. The van der Waals surface area contributed by atoms with Crippen LogP contribution >= 0.6 is 11.3 Å². The van der Waals surface area contributed by atoms with E-state index in [2.05, 4.69) is 29.0 Å². The second-order valence-electron chi connectivity index (χ2n) is 2.79. The highest BCUT2D eigenvalue weighted by Crippen LogP contribution is 2.22. The molecule has 0 saturated heterocycles. The van der Waals surface area contributed by atoms with Crippen LogP contribution in [0.1, 0.15) is 17.4 Å². The first kappa shape index (κ1) is 7.68. The molecular weight excluding hydrogens is 168 g/mol. The second kappa shape index (κ2) is 3.19. The summed E-state index contributed by atoms with van der Waals surface area (Å²) in [5, 5.41) is 8.62. The van der Waals surface area contributed by atoms with E-state index in [0.717, 1.165) is 13.1 Å². The van der Waals surface area contributed by atoms with Crippen molar-refractivity contribution in [2.75, 3.05) is 6.67 Å². The fraction of sp³-hybridized carbons (Fsp3) is 0.333. The predicted molar refractivity (Wildman–Crippen MR) is 52.8 cm³/mol. The van der Waals surface area contributed by atoms with E-state index in [-0.39, 0.29) is 0 Å². The first-order valence-corrected chi connectivity index (χ1v) is 5.03. The van der Waals surface area contributed by atoms with Crippen molar-refractivity contribution in [1.29, 1.82) is 0 Å². The zero-order chi connectivity index (χ0) is 8.39. The Morgan fingerprint density at radius 1 is 1.58 bits per heavy atom. The van der Waals surface area contributed by atoms with E-state index < -0.39 is 0 Å². The zero-order valence-corrected chi connectivity index (χ0v) is 7.87. The number of hydrogen-bond donors (Lipinski definition) is 2. The molecule has 1 aromatic rings. The largest absolute Gasteiger partial charge is 0.372 e. The van der Waals surface area contributed by atoms with Gasteiger partial charge in [-0.3, -0.25) is 0 Å². The van der Waals surface area contributed by atoms with Crippen LogP contribution in [-0.4, -0.2) is 6.67 Å². The molecule has 2 heterocycles. The summed E-state index contributed by atoms with van der Waals surface area (Å²) in [4.78, 5) is 1.33. The Bertz CT molecular complexity index is 301. The minimum absolute atomic E-state index is 0.856. The summed E-state index contributed by atoms with van der Waals surface area (Å²) in [5.41, 5.74) is 2.64. The lowest BCUT2D eigenvalue weighted by Crippen LogP contribution is -2.13. The van der Waals surface area contributed by atoms with E-state index >= 15 is 0 Å². The van der Waals surface area contributed by atoms with Gasteiger partial charge in [-0.2, -0.15) is 0 Å². The lowest BCUT2D eigenvalue weighted by atomic mass is 10.2. The standard InChI is InChI=1S/C9H12N2S/c1-2-7-3-9(12-5-7)8-4-10-6-11-8/h3-5,10-11H,2,6H2,1H3. The first-order valence-electron chi connectivity index (χ1n) is 4.15. The number of rotatable bonds is 2. The Labute approximate surface area is 76.3 Å². The molecule has 1 aromatic heterocycles. The van der Waals surface area contributed by atoms with Gasteiger partial charge in [0.25, 0.3) is 0 Å². The molecule has 0 atom stereocenters. The molecule has 1 aliphatic heterocycles. The van der Waals surface area contributed by atoms with Gasteiger partial charge in [0.1, 0.15) is 0 Å². The molecule has 2 N–H and O–H groups in total. The summed E-state index contributed by atoms with van der Waals surface area (Å²) < 4.78 is 0. The fourth-order valence-electron chi connectivity index (χ4n) is 1.21. The van der Waals surface area contributed by atoms with Crippen LogP contribution in [0.4, 0.5) is 0 Å². The highest BCUT2D eigenvalue weighted by Gasteiger charge is 2.07. The smallest absolute Gasteiger partial charge is 0.0846 e. The van der Waals surface area contributed by atoms with Crippen LogP contribution in [0.5, 0.6) is 0 Å². The van der Waals surface area contributed by atoms with Gasteiger partial charge in [-0.05, 0) is 23.4 Å². The lowest BCUT2D eigenvalue weighted by molar-refractivity contribution is 0.843. The molecule has 0 aliphatic carbocycles. The summed E-state index contributed by atoms with van der Waals surface area (Å²) >= 11 is 1.80. The Morgan fingerprint density at radius 3 is 3.08 bits per heavy atom. The van der Waals surface area contributed by atoms with Gasteiger partial charge in [0.05, 0.1) is 17.2 Å². The summed E-state index contributed by atoms with van der Waals surface area (Å²) in [6, 6.07) is 2.25. The van der Waals surface area contributed by atoms with E-state index in [1.165, 1.54) is 16.1 Å². The van der Waals surface area contributed by atoms with Gasteiger partial charge in [-0.25, -0.2) is 0 Å². The van der Waals surface area contributed by atoms with Crippen molar-refractivity contribution in [2.24, 2.45) is 0 Å². The van der Waals surface area contributed by atoms with Crippen molar-refractivity contribution in [3.63, 3.8) is 0 Å². The molecular formula is C9H12N2S. The third-order valence-electron chi connectivity index (χ3n) is 1.95. The van der Waals surface area contributed by atoms with Gasteiger partial charge >= 0.3 is 0 Å². The van der Waals surface area contributed by atoms with Crippen LogP contribution in [0.25, 0.3) is 5.70 Å². The van der Waals surface area contributed by atoms with Crippen LogP contribution in [0.15, 0.2) is 17.6 Å². The molecule has 1 aliphatic rings. The Hall–Kier alpha value is -0.960. The maximum Gasteiger partial charge on any atom is 0.0846 e. The van der Waals surface area contributed by atoms with E-state index in [9.17, 15) is 0 Å². The minimum atomic E-state index is 0.856. The van der Waals surface area contributed by atoms with Crippen LogP contribution < -0.4 is 10.6 Å². The molecule has 0 radical (unpaired) electrons. The van der Waals surface area contributed by atoms with Crippen molar-refractivity contribution in [2.45, 2.75) is 13.3 Å². The molecule has 2 nitrogen and oxygen atoms in total. The van der Waals surface area contributed by atoms with Crippen molar-refractivity contribution < 1.29 is 0 Å². The molecule has 64 valence electrons. The molecule has 0 amide bonds. The number of aryl methyl sites for hydroxylation is 1. The predicted octanol–water partition coefficient (Wildman–Crippen LogP) is 1.76. The molecule has 12 heavy (non-hydrogen) atoms. The number of hydrogen-bond acceptors (Lipinski definition) is 3. The van der Waals surface area contributed by atoms with Crippen molar-refractivity contribution in [1.82, 2.24) is 10.6 Å². The van der Waals surface area contributed by atoms with Crippen molar-refractivity contribution in [3.8, 4) is 0 Å². The van der Waals surface area contributed by atoms with E-state index in [4.69, 9.17) is 0 Å². The SMILES string of the molecule is CCc1csc(C2=CNCN2)c1. The highest BCUT2D eigenvalue weighted by molar-refractivity contribution is 7.11. The third-order valence-corrected chi connectivity index (χ3v) is 2.97. The molecule has 0 fully saturated rings. The summed E-state index contributed by atoms with van der Waals surface area (Å²) in [5.74, 6) is 0. The van der Waals surface area contributed by atoms with E-state index in [0.29, 0.717) is 0 Å². The maximum atomic E-state index is 3.27. The molecule has 3 heteroatoms. The molecule has 0 bridgehead atoms. The van der Waals surface area contributed by atoms with Gasteiger partial charge in [0, 0.05) is 6.20 Å². The highest BCUT2D eigenvalue weighted by atomic mass is 32.1. The number of thiophene rings is 1. The Morgan fingerprint density at radius 2 is 2.50 bits per heavy atom. The van der Waals surface area contributed by atoms with Gasteiger partial charge in [-0.1, -0.05) is 6.92 Å². The third kappa shape index (κ3) is 1.32. The fourth-order valence-corrected chi connectivity index (χ4v) is 2.20. The van der Waals surface area contributed by atoms with Gasteiger partial charge in [0.2, 0.25) is 0 Å². The maximum absolute atomic E-state index is 3.27. The van der Waals surface area contributed by atoms with Crippen molar-refractivity contribution >= 4 is 17.0 Å². The van der Waals surface area contributed by atoms with E-state index in [1.54, 1.807) is 11.3 Å². The normalized spacial score (nSPS) is 15.2. The van der Waals surface area contributed by atoms with Gasteiger partial charge in [-0.15, -0.1) is 11.3 Å². The molecule has 0 aromatic carbocycles. The van der Waals surface area contributed by atoms with Crippen molar-refractivity contribution in [3.05, 3.63) is 28.1 Å². The zero-order valence-electron chi connectivity index (χ0n) is 7.05. The molecule has 0 spiro atoms. The van der Waals surface area contributed by atoms with Gasteiger partial charge < -0.3 is 10.6 Å². The summed E-state index contributed by atoms with van der Waals surface area (Å²) in [7, 11) is 0. The lowest BCUT2D eigenvalue weighted by Gasteiger charge is -1.96. The molecule has 2 rings (SSSR count). The summed E-state index contributed by atoms with van der Waals surface area (Å²) in [6.45, 7) is 3.04. The minimum Gasteiger partial charge on any atom is -0.372 e.